The summed E-state index contributed by atoms with van der Waals surface area (Å²) in [5.41, 5.74) is 1.70. The maximum absolute atomic E-state index is 12.5. The maximum Gasteiger partial charge on any atom is 0.252 e. The molecule has 0 radical (unpaired) electrons. The van der Waals surface area contributed by atoms with Crippen molar-refractivity contribution in [3.63, 3.8) is 0 Å². The van der Waals surface area contributed by atoms with Gasteiger partial charge in [-0.3, -0.25) is 4.79 Å². The van der Waals surface area contributed by atoms with Crippen LogP contribution in [0.1, 0.15) is 32.1 Å². The van der Waals surface area contributed by atoms with Gasteiger partial charge in [0.1, 0.15) is 4.21 Å². The van der Waals surface area contributed by atoms with Gasteiger partial charge in [0.25, 0.3) is 10.0 Å². The van der Waals surface area contributed by atoms with Crippen LogP contribution in [-0.2, 0) is 14.8 Å². The molecule has 1 amide bonds. The second-order valence-electron chi connectivity index (χ2n) is 7.12. The van der Waals surface area contributed by atoms with E-state index in [2.05, 4.69) is 10.2 Å². The highest BCUT2D eigenvalue weighted by molar-refractivity contribution is 7.91. The van der Waals surface area contributed by atoms with Gasteiger partial charge in [-0.05, 0) is 55.3 Å². The quantitative estimate of drug-likeness (QED) is 0.639. The van der Waals surface area contributed by atoms with E-state index in [1.54, 1.807) is 30.6 Å². The van der Waals surface area contributed by atoms with Gasteiger partial charge in [0, 0.05) is 38.1 Å². The number of carbonyl (C=O) groups excluding carboxylic acids is 1. The molecular formula is C20H26ClN3O3S2. The number of hydrogen-bond acceptors (Lipinski definition) is 5. The van der Waals surface area contributed by atoms with Gasteiger partial charge >= 0.3 is 0 Å². The van der Waals surface area contributed by atoms with Gasteiger partial charge < -0.3 is 10.2 Å². The zero-order chi connectivity index (χ0) is 20.9. The number of rotatable bonds is 8. The Bertz CT molecular complexity index is 926. The van der Waals surface area contributed by atoms with E-state index in [0.717, 1.165) is 31.6 Å². The Morgan fingerprint density at radius 1 is 1.24 bits per heavy atom. The van der Waals surface area contributed by atoms with Crippen LogP contribution < -0.4 is 10.2 Å². The van der Waals surface area contributed by atoms with Crippen LogP contribution in [0.5, 0.6) is 0 Å². The molecule has 1 N–H and O–H groups in total. The summed E-state index contributed by atoms with van der Waals surface area (Å²) in [5.74, 6) is -0.146. The van der Waals surface area contributed by atoms with Crippen LogP contribution in [0.15, 0.2) is 39.9 Å². The summed E-state index contributed by atoms with van der Waals surface area (Å²) in [7, 11) is -1.94. The van der Waals surface area contributed by atoms with Crippen molar-refractivity contribution in [3.05, 3.63) is 40.7 Å². The molecule has 1 aliphatic heterocycles. The summed E-state index contributed by atoms with van der Waals surface area (Å²) in [6, 6.07) is 8.86. The van der Waals surface area contributed by atoms with Gasteiger partial charge in [0.2, 0.25) is 5.91 Å². The molecule has 0 bridgehead atoms. The Morgan fingerprint density at radius 2 is 2.00 bits per heavy atom. The summed E-state index contributed by atoms with van der Waals surface area (Å²) in [4.78, 5) is 14.8. The smallest absolute Gasteiger partial charge is 0.252 e. The number of anilines is 2. The van der Waals surface area contributed by atoms with Gasteiger partial charge in [-0.25, -0.2) is 12.7 Å². The van der Waals surface area contributed by atoms with E-state index < -0.39 is 10.0 Å². The van der Waals surface area contributed by atoms with E-state index in [1.165, 1.54) is 22.1 Å². The molecule has 0 atom stereocenters. The Labute approximate surface area is 181 Å². The highest BCUT2D eigenvalue weighted by Gasteiger charge is 2.22. The SMILES string of the molecule is CN(CCCC(=O)Nc1cc(Cl)ccc1N1CCCCC1)S(=O)(=O)c1cccs1. The zero-order valence-corrected chi connectivity index (χ0v) is 18.8. The van der Waals surface area contributed by atoms with E-state index in [0.29, 0.717) is 21.3 Å². The van der Waals surface area contributed by atoms with Gasteiger partial charge in [0.15, 0.2) is 0 Å². The van der Waals surface area contributed by atoms with Crippen LogP contribution in [0.3, 0.4) is 0 Å². The third-order valence-corrected chi connectivity index (χ3v) is 8.43. The molecule has 0 unspecified atom stereocenters. The van der Waals surface area contributed by atoms with E-state index in [4.69, 9.17) is 11.6 Å². The third-order valence-electron chi connectivity index (χ3n) is 4.97. The lowest BCUT2D eigenvalue weighted by atomic mass is 10.1. The topological polar surface area (TPSA) is 69.7 Å². The van der Waals surface area contributed by atoms with Gasteiger partial charge in [-0.15, -0.1) is 11.3 Å². The molecule has 1 aliphatic rings. The minimum Gasteiger partial charge on any atom is -0.370 e. The van der Waals surface area contributed by atoms with Crippen molar-refractivity contribution in [2.75, 3.05) is 36.9 Å². The molecule has 6 nitrogen and oxygen atoms in total. The number of halogens is 1. The van der Waals surface area contributed by atoms with Crippen LogP contribution in [0.4, 0.5) is 11.4 Å². The fourth-order valence-corrected chi connectivity index (χ4v) is 5.96. The van der Waals surface area contributed by atoms with Gasteiger partial charge in [0.05, 0.1) is 11.4 Å². The standard InChI is InChI=1S/C20H26ClN3O3S2/c1-23(29(26,27)20-8-6-14-28-20)11-5-7-19(25)22-17-15-16(21)9-10-18(17)24-12-3-2-4-13-24/h6,8-10,14-15H,2-5,7,11-13H2,1H3,(H,22,25). The van der Waals surface area contributed by atoms with E-state index in [9.17, 15) is 13.2 Å². The highest BCUT2D eigenvalue weighted by Crippen LogP contribution is 2.31. The van der Waals surface area contributed by atoms with E-state index in [1.807, 2.05) is 12.1 Å². The fraction of sp³-hybridized carbons (Fsp3) is 0.450. The lowest BCUT2D eigenvalue weighted by molar-refractivity contribution is -0.116. The van der Waals surface area contributed by atoms with Crippen molar-refractivity contribution >= 4 is 50.2 Å². The number of thiophene rings is 1. The monoisotopic (exact) mass is 455 g/mol. The summed E-state index contributed by atoms with van der Waals surface area (Å²) in [6.07, 6.45) is 4.18. The van der Waals surface area contributed by atoms with E-state index >= 15 is 0 Å². The molecule has 1 saturated heterocycles. The van der Waals surface area contributed by atoms with Crippen LogP contribution in [-0.4, -0.2) is 45.3 Å². The average molecular weight is 456 g/mol. The molecule has 2 heterocycles. The van der Waals surface area contributed by atoms with Gasteiger partial charge in [-0.1, -0.05) is 17.7 Å². The summed E-state index contributed by atoms with van der Waals surface area (Å²) < 4.78 is 26.5. The molecule has 0 spiro atoms. The first kappa shape index (κ1) is 22.1. The second-order valence-corrected chi connectivity index (χ2v) is 10.8. The lowest BCUT2D eigenvalue weighted by Gasteiger charge is -2.30. The van der Waals surface area contributed by atoms with Crippen LogP contribution >= 0.6 is 22.9 Å². The van der Waals surface area contributed by atoms with Crippen LogP contribution in [0.25, 0.3) is 0 Å². The van der Waals surface area contributed by atoms with E-state index in [-0.39, 0.29) is 18.9 Å². The highest BCUT2D eigenvalue weighted by atomic mass is 35.5. The Balaban J connectivity index is 1.56. The van der Waals surface area contributed by atoms with Crippen LogP contribution in [0.2, 0.25) is 5.02 Å². The largest absolute Gasteiger partial charge is 0.370 e. The minimum atomic E-state index is -3.48. The second kappa shape index (κ2) is 9.93. The number of nitrogens with zero attached hydrogens (tertiary/aromatic N) is 2. The minimum absolute atomic E-state index is 0.146. The van der Waals surface area contributed by atoms with Crippen molar-refractivity contribution in [1.82, 2.24) is 4.31 Å². The molecule has 3 rings (SSSR count). The molecule has 1 aromatic heterocycles. The average Bonchev–Trinajstić information content (AvgIpc) is 3.24. The molecule has 29 heavy (non-hydrogen) atoms. The number of sulfonamides is 1. The van der Waals surface area contributed by atoms with Crippen molar-refractivity contribution < 1.29 is 13.2 Å². The number of amides is 1. The molecule has 1 fully saturated rings. The van der Waals surface area contributed by atoms with Crippen molar-refractivity contribution in [2.24, 2.45) is 0 Å². The molecule has 0 aliphatic carbocycles. The first-order valence-corrected chi connectivity index (χ1v) is 12.4. The summed E-state index contributed by atoms with van der Waals surface area (Å²) in [6.45, 7) is 2.22. The fourth-order valence-electron chi connectivity index (χ4n) is 3.38. The molecule has 9 heteroatoms. The number of hydrogen-bond donors (Lipinski definition) is 1. The number of benzene rings is 1. The first-order valence-electron chi connectivity index (χ1n) is 9.72. The molecular weight excluding hydrogens is 430 g/mol. The molecule has 158 valence electrons. The third kappa shape index (κ3) is 5.72. The lowest BCUT2D eigenvalue weighted by Crippen LogP contribution is -2.30. The predicted molar refractivity (Wildman–Crippen MR) is 120 cm³/mol. The van der Waals surface area contributed by atoms with Gasteiger partial charge in [-0.2, -0.15) is 0 Å². The van der Waals surface area contributed by atoms with Crippen molar-refractivity contribution in [1.29, 1.82) is 0 Å². The Hall–Kier alpha value is -1.61. The molecule has 0 saturated carbocycles. The molecule has 1 aromatic carbocycles. The summed E-state index contributed by atoms with van der Waals surface area (Å²) in [5, 5.41) is 5.27. The van der Waals surface area contributed by atoms with Crippen molar-refractivity contribution in [3.8, 4) is 0 Å². The zero-order valence-electron chi connectivity index (χ0n) is 16.4. The summed E-state index contributed by atoms with van der Waals surface area (Å²) >= 11 is 7.33. The first-order chi connectivity index (χ1) is 13.9. The number of carbonyl (C=O) groups is 1. The molecule has 2 aromatic rings. The number of piperidine rings is 1. The Kier molecular flexibility index (Phi) is 7.56. The normalized spacial score (nSPS) is 14.9. The maximum atomic E-state index is 12.5. The predicted octanol–water partition coefficient (Wildman–Crippen LogP) is 4.43. The van der Waals surface area contributed by atoms with Crippen LogP contribution in [0, 0.1) is 0 Å². The number of nitrogens with one attached hydrogen (secondary N) is 1. The Morgan fingerprint density at radius 3 is 2.69 bits per heavy atom. The van der Waals surface area contributed by atoms with Crippen molar-refractivity contribution in [2.45, 2.75) is 36.3 Å².